The van der Waals surface area contributed by atoms with E-state index in [1.165, 1.54) is 5.69 Å². The Kier molecular flexibility index (Phi) is 3.67. The first-order chi connectivity index (χ1) is 9.65. The number of likely N-dealkylation sites (N-methyl/N-ethyl adjacent to an activating group) is 1. The van der Waals surface area contributed by atoms with Crippen LogP contribution in [0.5, 0.6) is 0 Å². The highest BCUT2D eigenvalue weighted by Gasteiger charge is 2.17. The molecule has 0 radical (unpaired) electrons. The number of hydrogen-bond donors (Lipinski definition) is 1. The molecule has 1 saturated heterocycles. The number of nitrogen functional groups attached to an aromatic ring is 1. The predicted molar refractivity (Wildman–Crippen MR) is 83.8 cm³/mol. The van der Waals surface area contributed by atoms with Crippen LogP contribution in [0.3, 0.4) is 0 Å². The van der Waals surface area contributed by atoms with Crippen molar-refractivity contribution < 1.29 is 4.52 Å². The third kappa shape index (κ3) is 2.53. The van der Waals surface area contributed by atoms with E-state index in [0.29, 0.717) is 5.88 Å². The van der Waals surface area contributed by atoms with Crippen LogP contribution in [0.15, 0.2) is 33.4 Å². The maximum atomic E-state index is 5.76. The molecule has 2 aromatic rings. The maximum absolute atomic E-state index is 5.76. The number of rotatable bonds is 2. The Labute approximate surface area is 126 Å². The lowest BCUT2D eigenvalue weighted by Gasteiger charge is -2.34. The monoisotopic (exact) mass is 336 g/mol. The van der Waals surface area contributed by atoms with Crippen molar-refractivity contribution in [3.63, 3.8) is 0 Å². The Balaban J connectivity index is 1.86. The summed E-state index contributed by atoms with van der Waals surface area (Å²) in [5.41, 5.74) is 8.81. The number of anilines is 2. The molecule has 0 saturated carbocycles. The third-order valence-electron chi connectivity index (χ3n) is 3.70. The van der Waals surface area contributed by atoms with Gasteiger partial charge in [-0.25, -0.2) is 0 Å². The van der Waals surface area contributed by atoms with Gasteiger partial charge in [0.15, 0.2) is 0 Å². The Hall–Kier alpha value is -1.53. The minimum absolute atomic E-state index is 0.351. The summed E-state index contributed by atoms with van der Waals surface area (Å²) in [6, 6.07) is 6.25. The number of piperazine rings is 1. The molecule has 3 rings (SSSR count). The van der Waals surface area contributed by atoms with E-state index in [2.05, 4.69) is 56.1 Å². The molecule has 1 aliphatic rings. The molecule has 5 nitrogen and oxygen atoms in total. The molecular weight excluding hydrogens is 320 g/mol. The highest BCUT2D eigenvalue weighted by atomic mass is 79.9. The fraction of sp³-hybridized carbons (Fsp3) is 0.357. The number of aromatic nitrogens is 1. The first-order valence-corrected chi connectivity index (χ1v) is 7.38. The van der Waals surface area contributed by atoms with Crippen molar-refractivity contribution >= 4 is 27.5 Å². The number of nitrogens with two attached hydrogens (primary N) is 1. The lowest BCUT2D eigenvalue weighted by molar-refractivity contribution is 0.312. The van der Waals surface area contributed by atoms with E-state index >= 15 is 0 Å². The summed E-state index contributed by atoms with van der Waals surface area (Å²) in [5.74, 6) is 0.351. The van der Waals surface area contributed by atoms with E-state index in [1.54, 1.807) is 6.20 Å². The van der Waals surface area contributed by atoms with Crippen molar-refractivity contribution in [3.05, 3.63) is 28.9 Å². The van der Waals surface area contributed by atoms with Crippen LogP contribution >= 0.6 is 15.9 Å². The summed E-state index contributed by atoms with van der Waals surface area (Å²) in [7, 11) is 2.16. The van der Waals surface area contributed by atoms with Gasteiger partial charge in [-0.1, -0.05) is 11.2 Å². The van der Waals surface area contributed by atoms with E-state index in [4.69, 9.17) is 10.3 Å². The molecule has 0 unspecified atom stereocenters. The predicted octanol–water partition coefficient (Wildman–Crippen LogP) is 2.44. The van der Waals surface area contributed by atoms with Gasteiger partial charge in [-0.3, -0.25) is 0 Å². The average Bonchev–Trinajstić information content (AvgIpc) is 2.86. The standard InChI is InChI=1S/C14H17BrN4O/c1-18-4-6-19(7-5-18)13-3-2-10(8-12(13)15)11-9-17-20-14(11)16/h2-3,8-9H,4-7,16H2,1H3. The van der Waals surface area contributed by atoms with E-state index in [9.17, 15) is 0 Å². The fourth-order valence-electron chi connectivity index (χ4n) is 2.44. The van der Waals surface area contributed by atoms with Gasteiger partial charge in [-0.15, -0.1) is 0 Å². The van der Waals surface area contributed by atoms with Crippen molar-refractivity contribution in [1.82, 2.24) is 10.1 Å². The molecule has 0 atom stereocenters. The fourth-order valence-corrected chi connectivity index (χ4v) is 3.07. The molecule has 106 valence electrons. The van der Waals surface area contributed by atoms with Crippen LogP contribution in [0.4, 0.5) is 11.6 Å². The maximum Gasteiger partial charge on any atom is 0.229 e. The molecule has 2 heterocycles. The Morgan fingerprint density at radius 1 is 1.25 bits per heavy atom. The minimum atomic E-state index is 0.351. The van der Waals surface area contributed by atoms with Crippen LogP contribution in [0.2, 0.25) is 0 Å². The summed E-state index contributed by atoms with van der Waals surface area (Å²) in [4.78, 5) is 4.74. The first kappa shape index (κ1) is 13.5. The van der Waals surface area contributed by atoms with E-state index < -0.39 is 0 Å². The van der Waals surface area contributed by atoms with Crippen molar-refractivity contribution in [3.8, 4) is 11.1 Å². The van der Waals surface area contributed by atoms with Crippen LogP contribution < -0.4 is 10.6 Å². The van der Waals surface area contributed by atoms with Gasteiger partial charge in [-0.2, -0.15) is 0 Å². The molecule has 1 aromatic heterocycles. The Morgan fingerprint density at radius 3 is 2.60 bits per heavy atom. The summed E-state index contributed by atoms with van der Waals surface area (Å²) < 4.78 is 5.98. The molecule has 2 N–H and O–H groups in total. The third-order valence-corrected chi connectivity index (χ3v) is 4.34. The van der Waals surface area contributed by atoms with Gasteiger partial charge in [0.05, 0.1) is 17.4 Å². The van der Waals surface area contributed by atoms with Crippen LogP contribution in [0.25, 0.3) is 11.1 Å². The molecule has 1 aliphatic heterocycles. The molecule has 20 heavy (non-hydrogen) atoms. The minimum Gasteiger partial charge on any atom is -0.368 e. The molecule has 0 spiro atoms. The topological polar surface area (TPSA) is 58.5 Å². The van der Waals surface area contributed by atoms with Crippen molar-refractivity contribution in [2.24, 2.45) is 0 Å². The van der Waals surface area contributed by atoms with Gasteiger partial charge >= 0.3 is 0 Å². The summed E-state index contributed by atoms with van der Waals surface area (Å²) >= 11 is 3.66. The Morgan fingerprint density at radius 2 is 2.00 bits per heavy atom. The highest BCUT2D eigenvalue weighted by Crippen LogP contribution is 2.33. The van der Waals surface area contributed by atoms with Crippen LogP contribution in [-0.4, -0.2) is 43.3 Å². The Bertz CT molecular complexity index is 605. The summed E-state index contributed by atoms with van der Waals surface area (Å²) in [5, 5.41) is 3.72. The van der Waals surface area contributed by atoms with Crippen LogP contribution in [0, 0.1) is 0 Å². The van der Waals surface area contributed by atoms with Gasteiger partial charge in [0.1, 0.15) is 0 Å². The largest absolute Gasteiger partial charge is 0.368 e. The number of hydrogen-bond acceptors (Lipinski definition) is 5. The molecule has 6 heteroatoms. The smallest absolute Gasteiger partial charge is 0.229 e. The van der Waals surface area contributed by atoms with Gasteiger partial charge in [0.25, 0.3) is 0 Å². The molecule has 0 aliphatic carbocycles. The van der Waals surface area contributed by atoms with Crippen molar-refractivity contribution in [2.75, 3.05) is 43.9 Å². The summed E-state index contributed by atoms with van der Waals surface area (Å²) in [6.45, 7) is 4.27. The zero-order valence-corrected chi connectivity index (χ0v) is 12.9. The molecule has 1 aromatic carbocycles. The van der Waals surface area contributed by atoms with E-state index in [0.717, 1.165) is 41.8 Å². The van der Waals surface area contributed by atoms with Crippen LogP contribution in [0.1, 0.15) is 0 Å². The second kappa shape index (κ2) is 5.46. The van der Waals surface area contributed by atoms with Crippen molar-refractivity contribution in [1.29, 1.82) is 0 Å². The van der Waals surface area contributed by atoms with Gasteiger partial charge in [0, 0.05) is 30.7 Å². The molecular formula is C14H17BrN4O. The zero-order chi connectivity index (χ0) is 14.1. The van der Waals surface area contributed by atoms with E-state index in [1.807, 2.05) is 0 Å². The van der Waals surface area contributed by atoms with Gasteiger partial charge in [0.2, 0.25) is 5.88 Å². The first-order valence-electron chi connectivity index (χ1n) is 6.58. The quantitative estimate of drug-likeness (QED) is 0.912. The van der Waals surface area contributed by atoms with Crippen LogP contribution in [-0.2, 0) is 0 Å². The number of benzene rings is 1. The highest BCUT2D eigenvalue weighted by molar-refractivity contribution is 9.10. The molecule has 1 fully saturated rings. The normalized spacial score (nSPS) is 16.6. The number of halogens is 1. The van der Waals surface area contributed by atoms with Gasteiger partial charge < -0.3 is 20.1 Å². The zero-order valence-electron chi connectivity index (χ0n) is 11.3. The van der Waals surface area contributed by atoms with E-state index in [-0.39, 0.29) is 0 Å². The second-order valence-electron chi connectivity index (χ2n) is 5.06. The summed E-state index contributed by atoms with van der Waals surface area (Å²) in [6.07, 6.45) is 1.65. The SMILES string of the molecule is CN1CCN(c2ccc(-c3cnoc3N)cc2Br)CC1. The van der Waals surface area contributed by atoms with Crippen molar-refractivity contribution in [2.45, 2.75) is 0 Å². The molecule has 0 bridgehead atoms. The molecule has 0 amide bonds. The second-order valence-corrected chi connectivity index (χ2v) is 5.91. The lowest BCUT2D eigenvalue weighted by Crippen LogP contribution is -2.44. The van der Waals surface area contributed by atoms with Gasteiger partial charge in [-0.05, 0) is 40.7 Å². The lowest BCUT2D eigenvalue weighted by atomic mass is 10.1. The number of nitrogens with zero attached hydrogens (tertiary/aromatic N) is 3. The average molecular weight is 337 g/mol.